The van der Waals surface area contributed by atoms with Crippen LogP contribution in [-0.4, -0.2) is 59.1 Å². The average molecular weight is 361 g/mol. The van der Waals surface area contributed by atoms with Gasteiger partial charge >= 0.3 is 12.1 Å². The van der Waals surface area contributed by atoms with Crippen LogP contribution in [0.15, 0.2) is 4.99 Å². The molecule has 4 rings (SSSR count). The summed E-state index contributed by atoms with van der Waals surface area (Å²) in [6.07, 6.45) is -0.367. The third kappa shape index (κ3) is 3.38. The molecule has 2 saturated carbocycles. The molecule has 140 valence electrons. The Kier molecular flexibility index (Phi) is 4.55. The minimum Gasteiger partial charge on any atom is -0.475 e. The molecule has 2 aliphatic carbocycles. The standard InChI is InChI=1S/C14H21N3O.C2HF3O2/c1-9-16-14(5-4-11-6-15-7-12(11)14)13(18)17(9)8-10-2-3-10;3-2(4,5)1(6)7/h10-12,15H,2-8H2,1H3;(H,6,7)/t11-,12+,14-;/m1./s1. The number of carbonyl (C=O) groups excluding carboxylic acids is 1. The van der Waals surface area contributed by atoms with Crippen molar-refractivity contribution in [2.24, 2.45) is 22.7 Å². The monoisotopic (exact) mass is 361 g/mol. The first-order chi connectivity index (χ1) is 11.6. The molecule has 3 fully saturated rings. The minimum absolute atomic E-state index is 0.308. The van der Waals surface area contributed by atoms with Crippen LogP contribution < -0.4 is 5.32 Å². The second kappa shape index (κ2) is 6.26. The van der Waals surface area contributed by atoms with Gasteiger partial charge in [0.1, 0.15) is 11.4 Å². The van der Waals surface area contributed by atoms with Crippen molar-refractivity contribution >= 4 is 17.7 Å². The molecule has 3 atom stereocenters. The maximum absolute atomic E-state index is 12.8. The third-order valence-corrected chi connectivity index (χ3v) is 5.60. The lowest BCUT2D eigenvalue weighted by molar-refractivity contribution is -0.192. The number of carbonyl (C=O) groups is 2. The zero-order valence-electron chi connectivity index (χ0n) is 14.0. The van der Waals surface area contributed by atoms with Crippen molar-refractivity contribution < 1.29 is 27.9 Å². The van der Waals surface area contributed by atoms with Gasteiger partial charge in [-0.1, -0.05) is 0 Å². The Morgan fingerprint density at radius 2 is 2.00 bits per heavy atom. The molecule has 1 saturated heterocycles. The number of carboxylic acid groups (broad SMARTS) is 1. The second-order valence-electron chi connectivity index (χ2n) is 7.31. The molecule has 4 aliphatic rings. The molecule has 0 unspecified atom stereocenters. The first-order valence-electron chi connectivity index (χ1n) is 8.54. The first-order valence-corrected chi connectivity index (χ1v) is 8.54. The van der Waals surface area contributed by atoms with Crippen LogP contribution in [0, 0.1) is 17.8 Å². The summed E-state index contributed by atoms with van der Waals surface area (Å²) in [7, 11) is 0. The molecule has 25 heavy (non-hydrogen) atoms. The largest absolute Gasteiger partial charge is 0.490 e. The topological polar surface area (TPSA) is 82.0 Å². The van der Waals surface area contributed by atoms with E-state index in [1.54, 1.807) is 0 Å². The van der Waals surface area contributed by atoms with Crippen LogP contribution in [0.5, 0.6) is 0 Å². The number of fused-ring (bicyclic) bond motifs is 2. The number of aliphatic imine (C=N–C) groups is 1. The number of aliphatic carboxylic acids is 1. The predicted molar refractivity (Wildman–Crippen MR) is 83.1 cm³/mol. The van der Waals surface area contributed by atoms with Gasteiger partial charge in [0.15, 0.2) is 0 Å². The van der Waals surface area contributed by atoms with E-state index in [0.717, 1.165) is 44.2 Å². The number of amidine groups is 1. The van der Waals surface area contributed by atoms with Crippen molar-refractivity contribution in [1.29, 1.82) is 0 Å². The summed E-state index contributed by atoms with van der Waals surface area (Å²) in [6, 6.07) is 0. The van der Waals surface area contributed by atoms with Gasteiger partial charge in [0.25, 0.3) is 5.91 Å². The van der Waals surface area contributed by atoms with Crippen molar-refractivity contribution in [3.05, 3.63) is 0 Å². The van der Waals surface area contributed by atoms with Crippen molar-refractivity contribution in [2.75, 3.05) is 19.6 Å². The second-order valence-corrected chi connectivity index (χ2v) is 7.31. The summed E-state index contributed by atoms with van der Waals surface area (Å²) in [5, 5.41) is 10.6. The van der Waals surface area contributed by atoms with E-state index in [2.05, 4.69) is 5.32 Å². The van der Waals surface area contributed by atoms with Crippen molar-refractivity contribution in [3.8, 4) is 0 Å². The van der Waals surface area contributed by atoms with Gasteiger partial charge in [-0.25, -0.2) is 4.79 Å². The van der Waals surface area contributed by atoms with Crippen molar-refractivity contribution in [1.82, 2.24) is 10.2 Å². The van der Waals surface area contributed by atoms with Gasteiger partial charge in [-0.3, -0.25) is 14.7 Å². The Morgan fingerprint density at radius 3 is 2.56 bits per heavy atom. The van der Waals surface area contributed by atoms with Crippen LogP contribution in [0.25, 0.3) is 0 Å². The molecule has 1 spiro atoms. The van der Waals surface area contributed by atoms with Gasteiger partial charge in [0, 0.05) is 19.0 Å². The Bertz CT molecular complexity index is 603. The maximum atomic E-state index is 12.8. The van der Waals surface area contributed by atoms with Gasteiger partial charge in [-0.15, -0.1) is 0 Å². The lowest BCUT2D eigenvalue weighted by Gasteiger charge is -2.27. The molecular formula is C16H22F3N3O3. The van der Waals surface area contributed by atoms with E-state index in [0.29, 0.717) is 17.7 Å². The Labute approximate surface area is 143 Å². The number of rotatable bonds is 2. The van der Waals surface area contributed by atoms with E-state index in [1.165, 1.54) is 12.8 Å². The molecular weight excluding hydrogens is 339 g/mol. The van der Waals surface area contributed by atoms with Crippen LogP contribution >= 0.6 is 0 Å². The van der Waals surface area contributed by atoms with Gasteiger partial charge < -0.3 is 10.4 Å². The maximum Gasteiger partial charge on any atom is 0.490 e. The van der Waals surface area contributed by atoms with Crippen LogP contribution in [0.3, 0.4) is 0 Å². The normalized spacial score (nSPS) is 34.0. The molecule has 2 aliphatic heterocycles. The Balaban J connectivity index is 0.000000225. The summed E-state index contributed by atoms with van der Waals surface area (Å²) in [4.78, 5) is 28.6. The molecule has 2 N–H and O–H groups in total. The number of hydrogen-bond acceptors (Lipinski definition) is 4. The molecule has 0 aromatic carbocycles. The molecule has 2 heterocycles. The highest BCUT2D eigenvalue weighted by Gasteiger charge is 2.59. The summed E-state index contributed by atoms with van der Waals surface area (Å²) in [6.45, 7) is 4.99. The smallest absolute Gasteiger partial charge is 0.475 e. The van der Waals surface area contributed by atoms with Crippen LogP contribution in [0.1, 0.15) is 32.6 Å². The SMILES string of the molecule is CC1=N[C@@]2(CC[C@@H]3CNC[C@@H]32)C(=O)N1CC1CC1.O=C(O)C(F)(F)F. The highest BCUT2D eigenvalue weighted by molar-refractivity contribution is 6.07. The van der Waals surface area contributed by atoms with Crippen molar-refractivity contribution in [2.45, 2.75) is 44.3 Å². The molecule has 1 amide bonds. The first kappa shape index (κ1) is 18.2. The fourth-order valence-corrected chi connectivity index (χ4v) is 4.14. The number of nitrogens with one attached hydrogen (secondary N) is 1. The van der Waals surface area contributed by atoms with E-state index >= 15 is 0 Å². The zero-order chi connectivity index (χ0) is 18.4. The van der Waals surface area contributed by atoms with Gasteiger partial charge in [0.2, 0.25) is 0 Å². The molecule has 9 heteroatoms. The summed E-state index contributed by atoms with van der Waals surface area (Å²) in [5.41, 5.74) is -0.382. The average Bonchev–Trinajstić information content (AvgIpc) is 3.00. The van der Waals surface area contributed by atoms with Crippen LogP contribution in [0.4, 0.5) is 13.2 Å². The Hall–Kier alpha value is -1.64. The summed E-state index contributed by atoms with van der Waals surface area (Å²) < 4.78 is 31.7. The highest BCUT2D eigenvalue weighted by atomic mass is 19.4. The highest BCUT2D eigenvalue weighted by Crippen LogP contribution is 2.48. The van der Waals surface area contributed by atoms with Gasteiger partial charge in [-0.2, -0.15) is 13.2 Å². The lowest BCUT2D eigenvalue weighted by Crippen LogP contribution is -2.46. The quantitative estimate of drug-likeness (QED) is 0.784. The third-order valence-electron chi connectivity index (χ3n) is 5.60. The number of carboxylic acids is 1. The molecule has 6 nitrogen and oxygen atoms in total. The predicted octanol–water partition coefficient (Wildman–Crippen LogP) is 1.66. The van der Waals surface area contributed by atoms with Gasteiger partial charge in [0.05, 0.1) is 0 Å². The van der Waals surface area contributed by atoms with E-state index < -0.39 is 12.1 Å². The number of alkyl halides is 3. The number of hydrogen-bond donors (Lipinski definition) is 2. The molecule has 0 bridgehead atoms. The van der Waals surface area contributed by atoms with Gasteiger partial charge in [-0.05, 0) is 51.0 Å². The summed E-state index contributed by atoms with van der Waals surface area (Å²) in [5.74, 6) is 0.388. The fraction of sp³-hybridized carbons (Fsp3) is 0.812. The number of amides is 1. The van der Waals surface area contributed by atoms with E-state index in [4.69, 9.17) is 14.9 Å². The zero-order valence-corrected chi connectivity index (χ0v) is 14.0. The van der Waals surface area contributed by atoms with E-state index in [-0.39, 0.29) is 5.54 Å². The minimum atomic E-state index is -5.08. The number of halogens is 3. The van der Waals surface area contributed by atoms with E-state index in [9.17, 15) is 18.0 Å². The molecule has 0 aromatic heterocycles. The van der Waals surface area contributed by atoms with Crippen LogP contribution in [-0.2, 0) is 9.59 Å². The lowest BCUT2D eigenvalue weighted by atomic mass is 9.85. The fourth-order valence-electron chi connectivity index (χ4n) is 4.14. The van der Waals surface area contributed by atoms with Crippen molar-refractivity contribution in [3.63, 3.8) is 0 Å². The molecule has 0 aromatic rings. The summed E-state index contributed by atoms with van der Waals surface area (Å²) >= 11 is 0. The molecule has 0 radical (unpaired) electrons. The number of nitrogens with zero attached hydrogens (tertiary/aromatic N) is 2. The van der Waals surface area contributed by atoms with E-state index in [1.807, 2.05) is 11.8 Å². The Morgan fingerprint density at radius 1 is 1.36 bits per heavy atom. The van der Waals surface area contributed by atoms with Crippen LogP contribution in [0.2, 0.25) is 0 Å².